The predicted molar refractivity (Wildman–Crippen MR) is 67.0 cm³/mol. The molecule has 0 rings (SSSR count). The number of ether oxygens (including phenoxy) is 2. The first-order valence-corrected chi connectivity index (χ1v) is 5.79. The van der Waals surface area contributed by atoms with Gasteiger partial charge in [-0.25, -0.2) is 5.43 Å². The van der Waals surface area contributed by atoms with Crippen molar-refractivity contribution in [2.45, 2.75) is 32.5 Å². The van der Waals surface area contributed by atoms with Crippen LogP contribution in [0.3, 0.4) is 0 Å². The van der Waals surface area contributed by atoms with Crippen LogP contribution >= 0.6 is 0 Å². The van der Waals surface area contributed by atoms with Gasteiger partial charge in [0.05, 0.1) is 0 Å². The summed E-state index contributed by atoms with van der Waals surface area (Å²) in [5.41, 5.74) is 2.16. The van der Waals surface area contributed by atoms with Crippen LogP contribution in [-0.4, -0.2) is 45.1 Å². The van der Waals surface area contributed by atoms with Crippen molar-refractivity contribution >= 4 is 18.5 Å². The Hall–Kier alpha value is -1.47. The number of hydrogen-bond donors (Lipinski definition) is 2. The molecule has 104 valence electrons. The first-order chi connectivity index (χ1) is 8.63. The lowest BCUT2D eigenvalue weighted by Gasteiger charge is -2.15. The van der Waals surface area contributed by atoms with E-state index < -0.39 is 0 Å². The minimum atomic E-state index is -0.329. The number of methoxy groups -OCH3 is 1. The van der Waals surface area contributed by atoms with Crippen molar-refractivity contribution in [3.8, 4) is 0 Å². The molecule has 0 spiro atoms. The molecule has 0 aromatic heterocycles. The van der Waals surface area contributed by atoms with Crippen LogP contribution < -0.4 is 10.7 Å². The van der Waals surface area contributed by atoms with E-state index in [1.807, 2.05) is 6.92 Å². The van der Waals surface area contributed by atoms with E-state index in [4.69, 9.17) is 9.47 Å². The molecule has 1 atom stereocenters. The lowest BCUT2D eigenvalue weighted by atomic mass is 10.3. The summed E-state index contributed by atoms with van der Waals surface area (Å²) in [5.74, 6) is -0.523. The Morgan fingerprint density at radius 1 is 1.33 bits per heavy atom. The molecule has 1 unspecified atom stereocenters. The molecule has 0 saturated carbocycles. The fraction of sp³-hybridized carbons (Fsp3) is 0.727. The van der Waals surface area contributed by atoms with Gasteiger partial charge in [-0.3, -0.25) is 9.59 Å². The van der Waals surface area contributed by atoms with Crippen LogP contribution in [0.15, 0.2) is 5.10 Å². The summed E-state index contributed by atoms with van der Waals surface area (Å²) < 4.78 is 10.3. The molecule has 0 fully saturated rings. The van der Waals surface area contributed by atoms with E-state index in [2.05, 4.69) is 22.6 Å². The highest BCUT2D eigenvalue weighted by Gasteiger charge is 2.08. The van der Waals surface area contributed by atoms with Crippen molar-refractivity contribution in [3.05, 3.63) is 0 Å². The third-order valence-electron chi connectivity index (χ3n) is 2.10. The summed E-state index contributed by atoms with van der Waals surface area (Å²) in [6.45, 7) is 5.99. The Morgan fingerprint density at radius 3 is 2.56 bits per heavy atom. The fourth-order valence-corrected chi connectivity index (χ4v) is 1.24. The Labute approximate surface area is 107 Å². The zero-order valence-electron chi connectivity index (χ0n) is 10.9. The van der Waals surface area contributed by atoms with E-state index in [1.54, 1.807) is 7.11 Å². The zero-order chi connectivity index (χ0) is 13.8. The highest BCUT2D eigenvalue weighted by molar-refractivity contribution is 5.83. The van der Waals surface area contributed by atoms with Crippen molar-refractivity contribution in [1.82, 2.24) is 10.7 Å². The molecule has 0 heterocycles. The fourth-order valence-electron chi connectivity index (χ4n) is 1.24. The summed E-state index contributed by atoms with van der Waals surface area (Å²) >= 11 is 0. The average Bonchev–Trinajstić information content (AvgIpc) is 2.35. The topological polar surface area (TPSA) is 89.0 Å². The van der Waals surface area contributed by atoms with Crippen molar-refractivity contribution in [3.63, 3.8) is 0 Å². The standard InChI is InChI=1S/C11H21N3O4/c1-4-18-11(17-3)7-8-13-9(15)5-6-10(16)14-12-2/h11H,2,4-8H2,1,3H3,(H,13,15)(H,14,16). The number of carbonyl (C=O) groups excluding carboxylic acids is 2. The molecule has 7 nitrogen and oxygen atoms in total. The molecule has 7 heteroatoms. The maximum Gasteiger partial charge on any atom is 0.240 e. The molecule has 18 heavy (non-hydrogen) atoms. The number of rotatable bonds is 10. The third-order valence-corrected chi connectivity index (χ3v) is 2.10. The predicted octanol–water partition coefficient (Wildman–Crippen LogP) is 0.0137. The molecular formula is C11H21N3O4. The molecule has 0 bridgehead atoms. The summed E-state index contributed by atoms with van der Waals surface area (Å²) in [7, 11) is 1.55. The lowest BCUT2D eigenvalue weighted by Crippen LogP contribution is -2.29. The number of nitrogens with one attached hydrogen (secondary N) is 2. The van der Waals surface area contributed by atoms with Gasteiger partial charge in [-0.05, 0) is 6.92 Å². The van der Waals surface area contributed by atoms with Crippen LogP contribution in [0.2, 0.25) is 0 Å². The van der Waals surface area contributed by atoms with Gasteiger partial charge in [0, 0.05) is 46.2 Å². The zero-order valence-corrected chi connectivity index (χ0v) is 10.9. The SMILES string of the molecule is C=NNC(=O)CCC(=O)NCCC(OC)OCC. The number of hydrogen-bond acceptors (Lipinski definition) is 5. The van der Waals surface area contributed by atoms with Gasteiger partial charge in [0.2, 0.25) is 11.8 Å². The van der Waals surface area contributed by atoms with E-state index in [1.165, 1.54) is 0 Å². The smallest absolute Gasteiger partial charge is 0.240 e. The average molecular weight is 259 g/mol. The quantitative estimate of drug-likeness (QED) is 0.329. The first-order valence-electron chi connectivity index (χ1n) is 5.79. The van der Waals surface area contributed by atoms with E-state index >= 15 is 0 Å². The van der Waals surface area contributed by atoms with E-state index in [-0.39, 0.29) is 30.9 Å². The summed E-state index contributed by atoms with van der Waals surface area (Å²) in [6.07, 6.45) is 0.456. The molecule has 0 aromatic rings. The van der Waals surface area contributed by atoms with Gasteiger partial charge in [0.25, 0.3) is 0 Å². The molecule has 2 amide bonds. The maximum absolute atomic E-state index is 11.4. The minimum absolute atomic E-state index is 0.0873. The van der Waals surface area contributed by atoms with Crippen molar-refractivity contribution < 1.29 is 19.1 Å². The highest BCUT2D eigenvalue weighted by atomic mass is 16.7. The van der Waals surface area contributed by atoms with Gasteiger partial charge in [-0.15, -0.1) is 0 Å². The van der Waals surface area contributed by atoms with Gasteiger partial charge in [-0.2, -0.15) is 5.10 Å². The molecule has 0 radical (unpaired) electrons. The molecule has 0 saturated heterocycles. The minimum Gasteiger partial charge on any atom is -0.356 e. The normalized spacial score (nSPS) is 11.7. The molecule has 0 aromatic carbocycles. The first kappa shape index (κ1) is 16.5. The Bertz CT molecular complexity index is 271. The number of hydrazone groups is 1. The molecule has 0 aliphatic rings. The number of nitrogens with zero attached hydrogens (tertiary/aromatic N) is 1. The largest absolute Gasteiger partial charge is 0.356 e. The van der Waals surface area contributed by atoms with Gasteiger partial charge in [0.1, 0.15) is 0 Å². The van der Waals surface area contributed by atoms with Crippen LogP contribution in [0, 0.1) is 0 Å². The van der Waals surface area contributed by atoms with E-state index in [9.17, 15) is 9.59 Å². The second-order valence-corrected chi connectivity index (χ2v) is 3.45. The summed E-state index contributed by atoms with van der Waals surface area (Å²) in [4.78, 5) is 22.4. The van der Waals surface area contributed by atoms with Crippen molar-refractivity contribution in [1.29, 1.82) is 0 Å². The monoisotopic (exact) mass is 259 g/mol. The lowest BCUT2D eigenvalue weighted by molar-refractivity contribution is -0.129. The van der Waals surface area contributed by atoms with Crippen LogP contribution in [0.4, 0.5) is 0 Å². The Balaban J connectivity index is 3.63. The molecule has 2 N–H and O–H groups in total. The van der Waals surface area contributed by atoms with E-state index in [0.717, 1.165) is 0 Å². The maximum atomic E-state index is 11.4. The second kappa shape index (κ2) is 10.7. The second-order valence-electron chi connectivity index (χ2n) is 3.45. The van der Waals surface area contributed by atoms with Crippen LogP contribution in [0.1, 0.15) is 26.2 Å². The Morgan fingerprint density at radius 2 is 2.00 bits per heavy atom. The van der Waals surface area contributed by atoms with Gasteiger partial charge >= 0.3 is 0 Å². The molecule has 0 aliphatic heterocycles. The third kappa shape index (κ3) is 8.66. The van der Waals surface area contributed by atoms with E-state index in [0.29, 0.717) is 19.6 Å². The van der Waals surface area contributed by atoms with Gasteiger partial charge in [0.15, 0.2) is 6.29 Å². The Kier molecular flexibility index (Phi) is 9.80. The van der Waals surface area contributed by atoms with Gasteiger partial charge in [-0.1, -0.05) is 0 Å². The van der Waals surface area contributed by atoms with Crippen LogP contribution in [0.5, 0.6) is 0 Å². The number of carbonyl (C=O) groups is 2. The van der Waals surface area contributed by atoms with Crippen LogP contribution in [-0.2, 0) is 19.1 Å². The highest BCUT2D eigenvalue weighted by Crippen LogP contribution is 1.98. The van der Waals surface area contributed by atoms with Crippen molar-refractivity contribution in [2.75, 3.05) is 20.3 Å². The van der Waals surface area contributed by atoms with Gasteiger partial charge < -0.3 is 14.8 Å². The number of amides is 2. The molecule has 0 aliphatic carbocycles. The van der Waals surface area contributed by atoms with Crippen molar-refractivity contribution in [2.24, 2.45) is 5.10 Å². The molecular weight excluding hydrogens is 238 g/mol. The summed E-state index contributed by atoms with van der Waals surface area (Å²) in [6, 6.07) is 0. The van der Waals surface area contributed by atoms with Crippen LogP contribution in [0.25, 0.3) is 0 Å². The summed E-state index contributed by atoms with van der Waals surface area (Å²) in [5, 5.41) is 5.89.